The van der Waals surface area contributed by atoms with Crippen LogP contribution >= 0.6 is 0 Å². The van der Waals surface area contributed by atoms with E-state index in [4.69, 9.17) is 0 Å². The Bertz CT molecular complexity index is 623. The predicted molar refractivity (Wildman–Crippen MR) is 93.3 cm³/mol. The van der Waals surface area contributed by atoms with Crippen LogP contribution in [0.15, 0.2) is 0 Å². The topological polar surface area (TPSA) is 34.1 Å². The van der Waals surface area contributed by atoms with Gasteiger partial charge in [0, 0.05) is 18.8 Å². The highest BCUT2D eigenvalue weighted by atomic mass is 16.1. The monoisotopic (exact) mass is 328 g/mol. The fourth-order valence-electron chi connectivity index (χ4n) is 8.90. The summed E-state index contributed by atoms with van der Waals surface area (Å²) in [5.74, 6) is 4.41. The highest BCUT2D eigenvalue weighted by molar-refractivity contribution is 5.80. The molecular formula is C22H32O2. The number of ketones is 2. The van der Waals surface area contributed by atoms with Crippen molar-refractivity contribution in [2.75, 3.05) is 0 Å². The van der Waals surface area contributed by atoms with Crippen LogP contribution in [0, 0.1) is 45.8 Å². The first-order valence-corrected chi connectivity index (χ1v) is 10.3. The molecule has 5 rings (SSSR count). The maximum Gasteiger partial charge on any atom is 0.133 e. The van der Waals surface area contributed by atoms with Gasteiger partial charge in [0.1, 0.15) is 11.6 Å². The van der Waals surface area contributed by atoms with Crippen molar-refractivity contribution in [2.24, 2.45) is 45.8 Å². The van der Waals surface area contributed by atoms with E-state index in [1.807, 2.05) is 6.92 Å². The van der Waals surface area contributed by atoms with E-state index in [1.54, 1.807) is 0 Å². The summed E-state index contributed by atoms with van der Waals surface area (Å²) in [7, 11) is 0. The van der Waals surface area contributed by atoms with Crippen LogP contribution in [0.3, 0.4) is 0 Å². The Balaban J connectivity index is 1.51. The van der Waals surface area contributed by atoms with Crippen molar-refractivity contribution in [1.82, 2.24) is 0 Å². The van der Waals surface area contributed by atoms with Gasteiger partial charge in [-0.2, -0.15) is 0 Å². The standard InChI is InChI=1S/C22H32O2/c1-13(23)19-11-15-12-22(15)18-5-4-14-10-16(24)6-8-20(14,2)17(18)7-9-21(19,22)3/h14-15,17-19H,4-12H2,1-3H3/t14?,15-,17+,18-,19-,20+,21-,22+/m1/s1. The first-order valence-electron chi connectivity index (χ1n) is 10.3. The van der Waals surface area contributed by atoms with E-state index in [-0.39, 0.29) is 5.41 Å². The predicted octanol–water partition coefficient (Wildman–Crippen LogP) is 4.80. The molecule has 5 saturated carbocycles. The minimum Gasteiger partial charge on any atom is -0.300 e. The molecular weight excluding hydrogens is 296 g/mol. The van der Waals surface area contributed by atoms with Crippen molar-refractivity contribution >= 4 is 11.6 Å². The van der Waals surface area contributed by atoms with Gasteiger partial charge in [-0.1, -0.05) is 13.8 Å². The van der Waals surface area contributed by atoms with Crippen LogP contribution in [-0.4, -0.2) is 11.6 Å². The third-order valence-electron chi connectivity index (χ3n) is 10.1. The average molecular weight is 328 g/mol. The van der Waals surface area contributed by atoms with Crippen molar-refractivity contribution in [2.45, 2.75) is 78.6 Å². The summed E-state index contributed by atoms with van der Waals surface area (Å²) < 4.78 is 0. The average Bonchev–Trinajstić information content (AvgIpc) is 3.18. The maximum atomic E-state index is 12.3. The summed E-state index contributed by atoms with van der Waals surface area (Å²) in [5.41, 5.74) is 1.16. The van der Waals surface area contributed by atoms with E-state index in [1.165, 1.54) is 38.5 Å². The molecule has 24 heavy (non-hydrogen) atoms. The molecule has 0 aliphatic heterocycles. The highest BCUT2D eigenvalue weighted by Crippen LogP contribution is 2.84. The van der Waals surface area contributed by atoms with Crippen LogP contribution in [-0.2, 0) is 9.59 Å². The molecule has 2 heteroatoms. The lowest BCUT2D eigenvalue weighted by Gasteiger charge is -2.61. The van der Waals surface area contributed by atoms with Crippen LogP contribution in [0.25, 0.3) is 0 Å². The van der Waals surface area contributed by atoms with Crippen molar-refractivity contribution in [3.63, 3.8) is 0 Å². The molecule has 0 heterocycles. The molecule has 8 atom stereocenters. The van der Waals surface area contributed by atoms with Gasteiger partial charge in [-0.05, 0) is 91.8 Å². The van der Waals surface area contributed by atoms with Crippen LogP contribution in [0.1, 0.15) is 78.6 Å². The fourth-order valence-corrected chi connectivity index (χ4v) is 8.90. The van der Waals surface area contributed by atoms with Gasteiger partial charge in [0.15, 0.2) is 0 Å². The SMILES string of the molecule is CC(=O)[C@H]1C[C@@H]2C[C@@]23[C@@H]2CCC4CC(=O)CC[C@]4(C)[C@H]2CC[C@]13C. The lowest BCUT2D eigenvalue weighted by Crippen LogP contribution is -2.55. The summed E-state index contributed by atoms with van der Waals surface area (Å²) in [4.78, 5) is 24.3. The summed E-state index contributed by atoms with van der Waals surface area (Å²) >= 11 is 0. The number of rotatable bonds is 1. The molecule has 5 fully saturated rings. The smallest absolute Gasteiger partial charge is 0.133 e. The van der Waals surface area contributed by atoms with E-state index in [2.05, 4.69) is 13.8 Å². The van der Waals surface area contributed by atoms with Crippen LogP contribution < -0.4 is 0 Å². The second-order valence-electron chi connectivity index (χ2n) is 10.5. The zero-order valence-corrected chi connectivity index (χ0v) is 15.6. The minimum atomic E-state index is 0.276. The minimum absolute atomic E-state index is 0.276. The Morgan fingerprint density at radius 2 is 1.83 bits per heavy atom. The van der Waals surface area contributed by atoms with E-state index < -0.39 is 0 Å². The van der Waals surface area contributed by atoms with E-state index in [9.17, 15) is 9.59 Å². The quantitative estimate of drug-likeness (QED) is 0.692. The van der Waals surface area contributed by atoms with E-state index in [0.29, 0.717) is 34.2 Å². The fraction of sp³-hybridized carbons (Fsp3) is 0.909. The van der Waals surface area contributed by atoms with Gasteiger partial charge >= 0.3 is 0 Å². The second kappa shape index (κ2) is 4.54. The Hall–Kier alpha value is -0.660. The van der Waals surface area contributed by atoms with Crippen LogP contribution in [0.4, 0.5) is 0 Å². The number of hydrogen-bond donors (Lipinski definition) is 0. The van der Waals surface area contributed by atoms with Crippen molar-refractivity contribution in [3.05, 3.63) is 0 Å². The summed E-state index contributed by atoms with van der Waals surface area (Å²) in [6, 6.07) is 0. The number of Topliss-reactive ketones (excluding diaryl/α,β-unsaturated/α-hetero) is 2. The largest absolute Gasteiger partial charge is 0.300 e. The molecule has 0 aromatic heterocycles. The Kier molecular flexibility index (Phi) is 2.95. The van der Waals surface area contributed by atoms with Crippen LogP contribution in [0.5, 0.6) is 0 Å². The lowest BCUT2D eigenvalue weighted by atomic mass is 9.43. The molecule has 0 N–H and O–H groups in total. The van der Waals surface area contributed by atoms with Crippen molar-refractivity contribution in [3.8, 4) is 0 Å². The summed E-state index contributed by atoms with van der Waals surface area (Å²) in [6.07, 6.45) is 10.5. The van der Waals surface area contributed by atoms with Gasteiger partial charge in [0.2, 0.25) is 0 Å². The Labute approximate surface area is 146 Å². The third-order valence-corrected chi connectivity index (χ3v) is 10.1. The molecule has 0 aromatic rings. The van der Waals surface area contributed by atoms with Crippen LogP contribution in [0.2, 0.25) is 0 Å². The van der Waals surface area contributed by atoms with Gasteiger partial charge in [0.25, 0.3) is 0 Å². The molecule has 0 amide bonds. The zero-order valence-electron chi connectivity index (χ0n) is 15.6. The van der Waals surface area contributed by atoms with Gasteiger partial charge in [-0.15, -0.1) is 0 Å². The Morgan fingerprint density at radius 1 is 1.04 bits per heavy atom. The van der Waals surface area contributed by atoms with Gasteiger partial charge < -0.3 is 0 Å². The van der Waals surface area contributed by atoms with Gasteiger partial charge in [-0.3, -0.25) is 9.59 Å². The van der Waals surface area contributed by atoms with Crippen molar-refractivity contribution < 1.29 is 9.59 Å². The zero-order chi connectivity index (χ0) is 16.9. The molecule has 5 aliphatic carbocycles. The molecule has 5 aliphatic rings. The molecule has 0 saturated heterocycles. The number of carbonyl (C=O) groups is 2. The first kappa shape index (κ1) is 15.6. The summed E-state index contributed by atoms with van der Waals surface area (Å²) in [6.45, 7) is 6.83. The third kappa shape index (κ3) is 1.60. The van der Waals surface area contributed by atoms with E-state index in [0.717, 1.165) is 37.0 Å². The Morgan fingerprint density at radius 3 is 2.58 bits per heavy atom. The number of fused-ring (bicyclic) bond motifs is 3. The highest BCUT2D eigenvalue weighted by Gasteiger charge is 2.78. The van der Waals surface area contributed by atoms with Gasteiger partial charge in [-0.25, -0.2) is 0 Å². The molecule has 1 spiro atoms. The molecule has 2 nitrogen and oxygen atoms in total. The number of hydrogen-bond acceptors (Lipinski definition) is 2. The van der Waals surface area contributed by atoms with E-state index >= 15 is 0 Å². The lowest BCUT2D eigenvalue weighted by molar-refractivity contribution is -0.150. The molecule has 132 valence electrons. The normalized spacial score (nSPS) is 58.3. The van der Waals surface area contributed by atoms with Gasteiger partial charge in [0.05, 0.1) is 0 Å². The maximum absolute atomic E-state index is 12.3. The molecule has 0 bridgehead atoms. The molecule has 1 unspecified atom stereocenters. The first-order chi connectivity index (χ1) is 11.3. The second-order valence-corrected chi connectivity index (χ2v) is 10.5. The molecule has 0 radical (unpaired) electrons. The summed E-state index contributed by atoms with van der Waals surface area (Å²) in [5, 5.41) is 0. The molecule has 0 aromatic carbocycles. The van der Waals surface area contributed by atoms with Crippen molar-refractivity contribution in [1.29, 1.82) is 0 Å². The number of carbonyl (C=O) groups excluding carboxylic acids is 2.